The van der Waals surface area contributed by atoms with E-state index in [1.807, 2.05) is 72.8 Å². The summed E-state index contributed by atoms with van der Waals surface area (Å²) in [5.41, 5.74) is 3.97. The normalized spacial score (nSPS) is 12.9. The first kappa shape index (κ1) is 32.1. The van der Waals surface area contributed by atoms with E-state index in [-0.39, 0.29) is 18.5 Å². The number of carbonyl (C=O) groups is 3. The van der Waals surface area contributed by atoms with Gasteiger partial charge in [0.1, 0.15) is 11.2 Å². The molecule has 224 valence electrons. The molecule has 2 atom stereocenters. The van der Waals surface area contributed by atoms with Gasteiger partial charge in [-0.05, 0) is 76.8 Å². The standard InChI is InChI=1S/C33H41N3O6/c1-32(2,3)41-30(39)34-27(21-23-13-9-7-10-14-23)28(37)22-36(35-31(40)42-33(4,5)6)29(38)26-19-17-25(18-20-26)24-15-11-8-12-16-24/h7-20,27-28,37H,21-22H2,1-6H3,(H,34,39)(H,35,40)/t27-,28-/m0/s1. The second-order valence-electron chi connectivity index (χ2n) is 12.0. The molecule has 3 aromatic carbocycles. The fourth-order valence-corrected chi connectivity index (χ4v) is 4.11. The summed E-state index contributed by atoms with van der Waals surface area (Å²) >= 11 is 0. The lowest BCUT2D eigenvalue weighted by molar-refractivity contribution is 0.0127. The molecule has 42 heavy (non-hydrogen) atoms. The topological polar surface area (TPSA) is 117 Å². The summed E-state index contributed by atoms with van der Waals surface area (Å²) in [4.78, 5) is 39.0. The molecule has 0 radical (unpaired) electrons. The maximum atomic E-state index is 13.7. The molecule has 0 unspecified atom stereocenters. The Bertz CT molecular complexity index is 1320. The Labute approximate surface area is 247 Å². The van der Waals surface area contributed by atoms with E-state index >= 15 is 0 Å². The number of hydrogen-bond acceptors (Lipinski definition) is 6. The minimum atomic E-state index is -1.29. The SMILES string of the molecule is CC(C)(C)OC(=O)N[C@@H](Cc1ccccc1)[C@@H](O)CN(NC(=O)OC(C)(C)C)C(=O)c1ccc(-c2ccccc2)cc1. The molecule has 3 N–H and O–H groups in total. The number of ether oxygens (including phenoxy) is 2. The lowest BCUT2D eigenvalue weighted by atomic mass is 10.0. The smallest absolute Gasteiger partial charge is 0.426 e. The van der Waals surface area contributed by atoms with Gasteiger partial charge in [-0.3, -0.25) is 4.79 Å². The summed E-state index contributed by atoms with van der Waals surface area (Å²) in [6, 6.07) is 25.1. The predicted molar refractivity (Wildman–Crippen MR) is 162 cm³/mol. The van der Waals surface area contributed by atoms with Gasteiger partial charge in [-0.25, -0.2) is 20.0 Å². The van der Waals surface area contributed by atoms with Crippen LogP contribution in [0, 0.1) is 0 Å². The number of benzene rings is 3. The van der Waals surface area contributed by atoms with E-state index in [1.165, 1.54) is 0 Å². The third-order valence-electron chi connectivity index (χ3n) is 5.94. The van der Waals surface area contributed by atoms with E-state index in [4.69, 9.17) is 9.47 Å². The quantitative estimate of drug-likeness (QED) is 0.295. The molecule has 0 bridgehead atoms. The number of aliphatic hydroxyl groups excluding tert-OH is 1. The molecule has 0 saturated carbocycles. The Hall–Kier alpha value is -4.37. The van der Waals surface area contributed by atoms with Crippen molar-refractivity contribution in [3.8, 4) is 11.1 Å². The molecule has 0 fully saturated rings. The van der Waals surface area contributed by atoms with Crippen molar-refractivity contribution >= 4 is 18.1 Å². The minimum absolute atomic E-state index is 0.251. The Kier molecular flexibility index (Phi) is 10.7. The van der Waals surface area contributed by atoms with Crippen LogP contribution < -0.4 is 10.7 Å². The number of nitrogens with one attached hydrogen (secondary N) is 2. The molecular weight excluding hydrogens is 534 g/mol. The first-order valence-corrected chi connectivity index (χ1v) is 13.9. The third-order valence-corrected chi connectivity index (χ3v) is 5.94. The van der Waals surface area contributed by atoms with Gasteiger partial charge in [0, 0.05) is 5.56 Å². The Morgan fingerprint density at radius 1 is 0.738 bits per heavy atom. The van der Waals surface area contributed by atoms with Crippen molar-refractivity contribution in [1.82, 2.24) is 15.8 Å². The number of amides is 3. The van der Waals surface area contributed by atoms with Crippen LogP contribution in [0.5, 0.6) is 0 Å². The zero-order valence-corrected chi connectivity index (χ0v) is 25.1. The van der Waals surface area contributed by atoms with Gasteiger partial charge in [-0.15, -0.1) is 0 Å². The summed E-state index contributed by atoms with van der Waals surface area (Å²) in [7, 11) is 0. The molecule has 3 amide bonds. The van der Waals surface area contributed by atoms with E-state index in [0.29, 0.717) is 0 Å². The number of hydrogen-bond donors (Lipinski definition) is 3. The van der Waals surface area contributed by atoms with Crippen LogP contribution in [-0.4, -0.2) is 58.1 Å². The van der Waals surface area contributed by atoms with Crippen LogP contribution in [0.4, 0.5) is 9.59 Å². The molecule has 9 nitrogen and oxygen atoms in total. The number of hydrazine groups is 1. The van der Waals surface area contributed by atoms with Gasteiger partial charge in [0.2, 0.25) is 0 Å². The molecule has 9 heteroatoms. The van der Waals surface area contributed by atoms with Crippen molar-refractivity contribution in [3.63, 3.8) is 0 Å². The van der Waals surface area contributed by atoms with Gasteiger partial charge in [-0.1, -0.05) is 72.8 Å². The second kappa shape index (κ2) is 14.0. The average molecular weight is 576 g/mol. The number of alkyl carbamates (subject to hydrolysis) is 1. The summed E-state index contributed by atoms with van der Waals surface area (Å²) in [6.07, 6.45) is -2.61. The Morgan fingerprint density at radius 2 is 1.24 bits per heavy atom. The van der Waals surface area contributed by atoms with Crippen LogP contribution in [0.2, 0.25) is 0 Å². The van der Waals surface area contributed by atoms with Gasteiger partial charge in [0.25, 0.3) is 5.91 Å². The van der Waals surface area contributed by atoms with Crippen molar-refractivity contribution in [2.45, 2.75) is 71.3 Å². The van der Waals surface area contributed by atoms with E-state index in [0.717, 1.165) is 21.7 Å². The fraction of sp³-hybridized carbons (Fsp3) is 0.364. The van der Waals surface area contributed by atoms with E-state index < -0.39 is 41.4 Å². The second-order valence-corrected chi connectivity index (χ2v) is 12.0. The van der Waals surface area contributed by atoms with Crippen LogP contribution in [0.25, 0.3) is 11.1 Å². The highest BCUT2D eigenvalue weighted by molar-refractivity contribution is 5.95. The summed E-state index contributed by atoms with van der Waals surface area (Å²) in [6.45, 7) is 9.99. The first-order valence-electron chi connectivity index (χ1n) is 13.9. The maximum absolute atomic E-state index is 13.7. The molecular formula is C33H41N3O6. The van der Waals surface area contributed by atoms with Crippen molar-refractivity contribution in [3.05, 3.63) is 96.1 Å². The molecule has 0 aromatic heterocycles. The number of carbonyl (C=O) groups excluding carboxylic acids is 3. The van der Waals surface area contributed by atoms with Crippen LogP contribution in [0.1, 0.15) is 57.5 Å². The molecule has 0 heterocycles. The Morgan fingerprint density at radius 3 is 1.79 bits per heavy atom. The van der Waals surface area contributed by atoms with Gasteiger partial charge in [0.15, 0.2) is 0 Å². The van der Waals surface area contributed by atoms with Crippen molar-refractivity contribution < 1.29 is 29.0 Å². The lowest BCUT2D eigenvalue weighted by Crippen LogP contribution is -2.56. The average Bonchev–Trinajstić information content (AvgIpc) is 2.91. The molecule has 0 spiro atoms. The van der Waals surface area contributed by atoms with E-state index in [2.05, 4.69) is 10.7 Å². The first-order chi connectivity index (χ1) is 19.7. The largest absolute Gasteiger partial charge is 0.444 e. The number of nitrogens with zero attached hydrogens (tertiary/aromatic N) is 1. The predicted octanol–water partition coefficient (Wildman–Crippen LogP) is 5.73. The van der Waals surface area contributed by atoms with Crippen LogP contribution in [0.15, 0.2) is 84.9 Å². The van der Waals surface area contributed by atoms with Gasteiger partial charge >= 0.3 is 12.2 Å². The number of rotatable bonds is 8. The van der Waals surface area contributed by atoms with Gasteiger partial charge in [-0.2, -0.15) is 0 Å². The maximum Gasteiger partial charge on any atom is 0.426 e. The fourth-order valence-electron chi connectivity index (χ4n) is 4.11. The highest BCUT2D eigenvalue weighted by atomic mass is 16.6. The van der Waals surface area contributed by atoms with Crippen LogP contribution in [0.3, 0.4) is 0 Å². The van der Waals surface area contributed by atoms with Crippen molar-refractivity contribution in [2.24, 2.45) is 0 Å². The van der Waals surface area contributed by atoms with Crippen molar-refractivity contribution in [1.29, 1.82) is 0 Å². The van der Waals surface area contributed by atoms with Crippen molar-refractivity contribution in [2.75, 3.05) is 6.54 Å². The summed E-state index contributed by atoms with van der Waals surface area (Å²) in [5.74, 6) is -0.560. The van der Waals surface area contributed by atoms with E-state index in [1.54, 1.807) is 53.7 Å². The van der Waals surface area contributed by atoms with Crippen LogP contribution in [-0.2, 0) is 15.9 Å². The molecule has 3 aromatic rings. The Balaban J connectivity index is 1.86. The highest BCUT2D eigenvalue weighted by Crippen LogP contribution is 2.20. The third kappa shape index (κ3) is 10.6. The summed E-state index contributed by atoms with van der Waals surface area (Å²) in [5, 5.41) is 15.1. The zero-order valence-electron chi connectivity index (χ0n) is 25.1. The monoisotopic (exact) mass is 575 g/mol. The molecule has 0 aliphatic rings. The summed E-state index contributed by atoms with van der Waals surface area (Å²) < 4.78 is 10.8. The molecule has 0 aliphatic heterocycles. The highest BCUT2D eigenvalue weighted by Gasteiger charge is 2.30. The molecule has 0 aliphatic carbocycles. The lowest BCUT2D eigenvalue weighted by Gasteiger charge is -2.31. The number of aliphatic hydroxyl groups is 1. The molecule has 3 rings (SSSR count). The van der Waals surface area contributed by atoms with Gasteiger partial charge in [0.05, 0.1) is 18.7 Å². The van der Waals surface area contributed by atoms with E-state index in [9.17, 15) is 19.5 Å². The van der Waals surface area contributed by atoms with Gasteiger partial charge < -0.3 is 19.9 Å². The van der Waals surface area contributed by atoms with Crippen LogP contribution >= 0.6 is 0 Å². The zero-order chi connectivity index (χ0) is 30.9. The molecule has 0 saturated heterocycles. The minimum Gasteiger partial charge on any atom is -0.444 e.